The molecule has 5 nitrogen and oxygen atoms in total. The molecule has 2 N–H and O–H groups in total. The van der Waals surface area contributed by atoms with E-state index in [4.69, 9.17) is 5.73 Å². The van der Waals surface area contributed by atoms with Gasteiger partial charge in [-0.25, -0.2) is 8.42 Å². The number of carbonyl (C=O) groups excluding carboxylic acids is 1. The Labute approximate surface area is 107 Å². The second-order valence-electron chi connectivity index (χ2n) is 4.45. The minimum absolute atomic E-state index is 0.0456. The first-order chi connectivity index (χ1) is 8.38. The number of benzene rings is 1. The number of aryl methyl sites for hydroxylation is 2. The number of amides is 1. The molecule has 1 amide bonds. The molecule has 0 aromatic heterocycles. The second-order valence-corrected chi connectivity index (χ2v) is 6.49. The normalized spacial score (nSPS) is 17.4. The number of nitrogens with zero attached hydrogens (tertiary/aromatic N) is 1. The van der Waals surface area contributed by atoms with Crippen LogP contribution in [0.2, 0.25) is 0 Å². The van der Waals surface area contributed by atoms with Crippen LogP contribution in [0.5, 0.6) is 0 Å². The molecular weight excluding hydrogens is 252 g/mol. The van der Waals surface area contributed by atoms with Crippen molar-refractivity contribution in [2.24, 2.45) is 5.73 Å². The Morgan fingerprint density at radius 2 is 1.94 bits per heavy atom. The van der Waals surface area contributed by atoms with Gasteiger partial charge in [-0.05, 0) is 25.0 Å². The van der Waals surface area contributed by atoms with Gasteiger partial charge in [0, 0.05) is 6.54 Å². The Kier molecular flexibility index (Phi) is 3.16. The molecule has 1 aromatic carbocycles. The van der Waals surface area contributed by atoms with Crippen molar-refractivity contribution < 1.29 is 13.2 Å². The fraction of sp³-hybridized carbons (Fsp3) is 0.417. The molecule has 18 heavy (non-hydrogen) atoms. The summed E-state index contributed by atoms with van der Waals surface area (Å²) >= 11 is 0. The standard InChI is InChI=1S/C12H16N2O3S/c1-8-3-4-9(2)12-11(8)14(10(15)7-13)5-6-18(12,16)17/h3-4H,5-7,13H2,1-2H3. The van der Waals surface area contributed by atoms with Crippen LogP contribution >= 0.6 is 0 Å². The molecule has 1 aromatic rings. The van der Waals surface area contributed by atoms with E-state index in [2.05, 4.69) is 0 Å². The topological polar surface area (TPSA) is 80.5 Å². The summed E-state index contributed by atoms with van der Waals surface area (Å²) in [5, 5.41) is 0. The first kappa shape index (κ1) is 13.0. The summed E-state index contributed by atoms with van der Waals surface area (Å²) in [5.74, 6) is -0.296. The fourth-order valence-corrected chi connectivity index (χ4v) is 4.03. The molecule has 1 aliphatic heterocycles. The second kappa shape index (κ2) is 4.37. The molecule has 98 valence electrons. The minimum atomic E-state index is -3.30. The summed E-state index contributed by atoms with van der Waals surface area (Å²) in [6.45, 7) is 3.60. The lowest BCUT2D eigenvalue weighted by Crippen LogP contribution is -2.43. The van der Waals surface area contributed by atoms with Crippen molar-refractivity contribution in [3.05, 3.63) is 23.3 Å². The maximum Gasteiger partial charge on any atom is 0.240 e. The molecule has 0 aliphatic carbocycles. The molecule has 0 atom stereocenters. The van der Waals surface area contributed by atoms with E-state index in [1.54, 1.807) is 19.9 Å². The lowest BCUT2D eigenvalue weighted by molar-refractivity contribution is -0.117. The summed E-state index contributed by atoms with van der Waals surface area (Å²) in [7, 11) is -3.30. The van der Waals surface area contributed by atoms with Crippen LogP contribution in [0.3, 0.4) is 0 Å². The maximum atomic E-state index is 12.1. The van der Waals surface area contributed by atoms with Gasteiger partial charge in [-0.1, -0.05) is 12.1 Å². The van der Waals surface area contributed by atoms with Gasteiger partial charge in [0.25, 0.3) is 0 Å². The first-order valence-electron chi connectivity index (χ1n) is 5.72. The number of hydrogen-bond acceptors (Lipinski definition) is 4. The highest BCUT2D eigenvalue weighted by atomic mass is 32.2. The zero-order valence-corrected chi connectivity index (χ0v) is 11.3. The van der Waals surface area contributed by atoms with Crippen molar-refractivity contribution >= 4 is 21.4 Å². The molecule has 0 bridgehead atoms. The summed E-state index contributed by atoms with van der Waals surface area (Å²) in [4.78, 5) is 13.6. The van der Waals surface area contributed by atoms with Gasteiger partial charge < -0.3 is 10.6 Å². The van der Waals surface area contributed by atoms with Crippen LogP contribution < -0.4 is 10.6 Å². The maximum absolute atomic E-state index is 12.1. The van der Waals surface area contributed by atoms with E-state index in [1.165, 1.54) is 4.90 Å². The predicted octanol–water partition coefficient (Wildman–Crippen LogP) is 0.382. The van der Waals surface area contributed by atoms with Crippen molar-refractivity contribution in [3.8, 4) is 0 Å². The Hall–Kier alpha value is -1.40. The summed E-state index contributed by atoms with van der Waals surface area (Å²) in [6.07, 6.45) is 0. The van der Waals surface area contributed by atoms with Gasteiger partial charge in [0.15, 0.2) is 9.84 Å². The minimum Gasteiger partial charge on any atom is -0.322 e. The van der Waals surface area contributed by atoms with Crippen LogP contribution in [0.15, 0.2) is 17.0 Å². The highest BCUT2D eigenvalue weighted by Crippen LogP contribution is 2.35. The molecular formula is C12H16N2O3S. The van der Waals surface area contributed by atoms with Gasteiger partial charge in [0.2, 0.25) is 5.91 Å². The van der Waals surface area contributed by atoms with Crippen molar-refractivity contribution in [1.29, 1.82) is 0 Å². The summed E-state index contributed by atoms with van der Waals surface area (Å²) in [6, 6.07) is 3.59. The first-order valence-corrected chi connectivity index (χ1v) is 7.37. The van der Waals surface area contributed by atoms with Crippen molar-refractivity contribution in [1.82, 2.24) is 0 Å². The van der Waals surface area contributed by atoms with E-state index >= 15 is 0 Å². The Bertz CT molecular complexity index is 608. The monoisotopic (exact) mass is 268 g/mol. The summed E-state index contributed by atoms with van der Waals surface area (Å²) < 4.78 is 24.3. The number of hydrogen-bond donors (Lipinski definition) is 1. The molecule has 6 heteroatoms. The molecule has 0 unspecified atom stereocenters. The molecule has 0 saturated heterocycles. The van der Waals surface area contributed by atoms with E-state index in [-0.39, 0.29) is 29.6 Å². The van der Waals surface area contributed by atoms with Crippen LogP contribution in [0.1, 0.15) is 11.1 Å². The average molecular weight is 268 g/mol. The molecule has 0 saturated carbocycles. The van der Waals surface area contributed by atoms with Gasteiger partial charge in [-0.3, -0.25) is 4.79 Å². The molecule has 0 radical (unpaired) electrons. The Balaban J connectivity index is 2.74. The van der Waals surface area contributed by atoms with Gasteiger partial charge in [0.05, 0.1) is 22.9 Å². The van der Waals surface area contributed by atoms with E-state index in [1.807, 2.05) is 6.07 Å². The highest BCUT2D eigenvalue weighted by molar-refractivity contribution is 7.91. The van der Waals surface area contributed by atoms with Gasteiger partial charge in [-0.2, -0.15) is 0 Å². The number of carbonyl (C=O) groups is 1. The van der Waals surface area contributed by atoms with Crippen molar-refractivity contribution in [2.45, 2.75) is 18.7 Å². The number of rotatable bonds is 1. The van der Waals surface area contributed by atoms with Crippen LogP contribution in [-0.2, 0) is 14.6 Å². The Morgan fingerprint density at radius 1 is 1.33 bits per heavy atom. The third-order valence-corrected chi connectivity index (χ3v) is 5.03. The molecule has 1 heterocycles. The van der Waals surface area contributed by atoms with E-state index in [0.717, 1.165) is 5.56 Å². The third-order valence-electron chi connectivity index (χ3n) is 3.17. The van der Waals surface area contributed by atoms with Gasteiger partial charge in [-0.15, -0.1) is 0 Å². The highest BCUT2D eigenvalue weighted by Gasteiger charge is 2.33. The summed E-state index contributed by atoms with van der Waals surface area (Å²) in [5.41, 5.74) is 7.32. The van der Waals surface area contributed by atoms with E-state index in [9.17, 15) is 13.2 Å². The van der Waals surface area contributed by atoms with Crippen LogP contribution in [0.4, 0.5) is 5.69 Å². The number of fused-ring (bicyclic) bond motifs is 1. The lowest BCUT2D eigenvalue weighted by Gasteiger charge is -2.31. The van der Waals surface area contributed by atoms with Crippen LogP contribution in [0.25, 0.3) is 0 Å². The van der Waals surface area contributed by atoms with Gasteiger partial charge >= 0.3 is 0 Å². The average Bonchev–Trinajstić information content (AvgIpc) is 2.32. The zero-order chi connectivity index (χ0) is 13.5. The molecule has 2 rings (SSSR count). The quantitative estimate of drug-likeness (QED) is 0.798. The molecule has 1 aliphatic rings. The van der Waals surface area contributed by atoms with Crippen molar-refractivity contribution in [3.63, 3.8) is 0 Å². The number of sulfone groups is 1. The van der Waals surface area contributed by atoms with E-state index in [0.29, 0.717) is 11.3 Å². The van der Waals surface area contributed by atoms with Crippen molar-refractivity contribution in [2.75, 3.05) is 23.7 Å². The van der Waals surface area contributed by atoms with Crippen LogP contribution in [0, 0.1) is 13.8 Å². The zero-order valence-electron chi connectivity index (χ0n) is 10.4. The van der Waals surface area contributed by atoms with Gasteiger partial charge in [0.1, 0.15) is 0 Å². The molecule has 0 spiro atoms. The molecule has 0 fully saturated rings. The van der Waals surface area contributed by atoms with Crippen LogP contribution in [-0.4, -0.2) is 33.2 Å². The largest absolute Gasteiger partial charge is 0.322 e. The number of nitrogens with two attached hydrogens (primary N) is 1. The Morgan fingerprint density at radius 3 is 2.56 bits per heavy atom. The predicted molar refractivity (Wildman–Crippen MR) is 69.4 cm³/mol. The van der Waals surface area contributed by atoms with E-state index < -0.39 is 9.84 Å². The lowest BCUT2D eigenvalue weighted by atomic mass is 10.1. The SMILES string of the molecule is Cc1ccc(C)c2c1N(C(=O)CN)CCS2(=O)=O. The number of anilines is 1. The fourth-order valence-electron chi connectivity index (χ4n) is 2.28. The smallest absolute Gasteiger partial charge is 0.240 e. The third kappa shape index (κ3) is 1.91.